The molecule has 0 atom stereocenters. The molecule has 0 bridgehead atoms. The molecule has 84 valence electrons. The second-order valence-electron chi connectivity index (χ2n) is 3.13. The summed E-state index contributed by atoms with van der Waals surface area (Å²) in [7, 11) is -2.87. The number of rotatable bonds is 6. The first-order valence-electron chi connectivity index (χ1n) is 4.82. The summed E-state index contributed by atoms with van der Waals surface area (Å²) in [5.74, 6) is 0.365. The van der Waals surface area contributed by atoms with Gasteiger partial charge < -0.3 is 5.32 Å². The minimum atomic E-state index is -2.87. The number of nitrogens with zero attached hydrogens (tertiary/aromatic N) is 2. The van der Waals surface area contributed by atoms with Crippen LogP contribution in [0.5, 0.6) is 0 Å². The lowest BCUT2D eigenvalue weighted by Crippen LogP contribution is -2.23. The van der Waals surface area contributed by atoms with Crippen molar-refractivity contribution in [3.63, 3.8) is 0 Å². The maximum Gasteiger partial charge on any atom is 0.151 e. The molecule has 15 heavy (non-hydrogen) atoms. The van der Waals surface area contributed by atoms with E-state index in [1.54, 1.807) is 19.2 Å². The second-order valence-corrected chi connectivity index (χ2v) is 5.60. The molecular weight excluding hydrogens is 214 g/mol. The Morgan fingerprint density at radius 1 is 1.47 bits per heavy atom. The summed E-state index contributed by atoms with van der Waals surface area (Å²) in [4.78, 5) is 0. The zero-order chi connectivity index (χ0) is 11.1. The zero-order valence-electron chi connectivity index (χ0n) is 8.68. The quantitative estimate of drug-likeness (QED) is 0.695. The fraction of sp³-hybridized carbons (Fsp3) is 0.556. The lowest BCUT2D eigenvalue weighted by Gasteiger charge is -2.03. The Labute approximate surface area is 89.8 Å². The molecule has 0 aliphatic carbocycles. The minimum Gasteiger partial charge on any atom is -0.310 e. The van der Waals surface area contributed by atoms with Gasteiger partial charge in [0.05, 0.1) is 11.4 Å². The van der Waals surface area contributed by atoms with E-state index in [-0.39, 0.29) is 11.5 Å². The lowest BCUT2D eigenvalue weighted by atomic mass is 10.4. The minimum absolute atomic E-state index is 0.170. The van der Waals surface area contributed by atoms with Crippen molar-refractivity contribution < 1.29 is 8.42 Å². The Morgan fingerprint density at radius 2 is 2.27 bits per heavy atom. The number of hydrogen-bond donors (Lipinski definition) is 1. The number of sulfone groups is 1. The molecule has 1 heterocycles. The fourth-order valence-electron chi connectivity index (χ4n) is 1.02. The molecule has 6 heteroatoms. The van der Waals surface area contributed by atoms with Crippen LogP contribution in [0.1, 0.15) is 12.6 Å². The molecule has 0 aromatic carbocycles. The van der Waals surface area contributed by atoms with Crippen LogP contribution in [0.15, 0.2) is 18.3 Å². The molecule has 0 aliphatic rings. The molecule has 0 spiro atoms. The van der Waals surface area contributed by atoms with Crippen molar-refractivity contribution in [2.45, 2.75) is 13.5 Å². The topological polar surface area (TPSA) is 72.0 Å². The Bertz CT molecular complexity index is 378. The number of aromatic nitrogens is 2. The summed E-state index contributed by atoms with van der Waals surface area (Å²) in [6.45, 7) is 2.65. The van der Waals surface area contributed by atoms with Gasteiger partial charge in [0.25, 0.3) is 0 Å². The van der Waals surface area contributed by atoms with Crippen molar-refractivity contribution >= 4 is 9.84 Å². The van der Waals surface area contributed by atoms with Gasteiger partial charge in [-0.05, 0) is 12.1 Å². The normalized spacial score (nSPS) is 11.5. The van der Waals surface area contributed by atoms with Gasteiger partial charge in [-0.3, -0.25) is 0 Å². The van der Waals surface area contributed by atoms with E-state index >= 15 is 0 Å². The standard InChI is InChI=1S/C9H15N3O2S/c1-2-15(13,14)7-6-10-8-9-4-3-5-11-12-9/h3-5,10H,2,6-8H2,1H3. The van der Waals surface area contributed by atoms with Gasteiger partial charge in [0.1, 0.15) is 0 Å². The van der Waals surface area contributed by atoms with E-state index in [1.807, 2.05) is 6.07 Å². The Balaban J connectivity index is 2.24. The van der Waals surface area contributed by atoms with Gasteiger partial charge in [-0.2, -0.15) is 10.2 Å². The van der Waals surface area contributed by atoms with Gasteiger partial charge >= 0.3 is 0 Å². The van der Waals surface area contributed by atoms with Crippen LogP contribution in [0.2, 0.25) is 0 Å². The maximum absolute atomic E-state index is 11.1. The molecule has 1 aromatic heterocycles. The number of nitrogens with one attached hydrogen (secondary N) is 1. The monoisotopic (exact) mass is 229 g/mol. The first-order valence-corrected chi connectivity index (χ1v) is 6.64. The van der Waals surface area contributed by atoms with E-state index in [0.717, 1.165) is 5.69 Å². The van der Waals surface area contributed by atoms with Gasteiger partial charge in [0.15, 0.2) is 9.84 Å². The smallest absolute Gasteiger partial charge is 0.151 e. The van der Waals surface area contributed by atoms with E-state index in [2.05, 4.69) is 15.5 Å². The van der Waals surface area contributed by atoms with Crippen molar-refractivity contribution in [1.82, 2.24) is 15.5 Å². The summed E-state index contributed by atoms with van der Waals surface area (Å²) < 4.78 is 22.3. The van der Waals surface area contributed by atoms with Crippen LogP contribution in [0.25, 0.3) is 0 Å². The average molecular weight is 229 g/mol. The molecule has 0 aliphatic heterocycles. The van der Waals surface area contributed by atoms with Gasteiger partial charge in [0, 0.05) is 25.0 Å². The highest BCUT2D eigenvalue weighted by Gasteiger charge is 2.05. The molecule has 0 fully saturated rings. The van der Waals surface area contributed by atoms with E-state index in [0.29, 0.717) is 13.1 Å². The van der Waals surface area contributed by atoms with Crippen LogP contribution >= 0.6 is 0 Å². The summed E-state index contributed by atoms with van der Waals surface area (Å²) >= 11 is 0. The molecule has 0 unspecified atom stereocenters. The summed E-state index contributed by atoms with van der Waals surface area (Å²) in [5, 5.41) is 10.6. The molecule has 0 radical (unpaired) electrons. The number of hydrogen-bond acceptors (Lipinski definition) is 5. The first kappa shape index (κ1) is 12.1. The molecule has 0 saturated carbocycles. The van der Waals surface area contributed by atoms with Crippen molar-refractivity contribution in [2.24, 2.45) is 0 Å². The maximum atomic E-state index is 11.1. The van der Waals surface area contributed by atoms with Crippen LogP contribution in [-0.2, 0) is 16.4 Å². The third-order valence-electron chi connectivity index (χ3n) is 1.96. The Hall–Kier alpha value is -1.01. The molecule has 1 rings (SSSR count). The molecule has 5 nitrogen and oxygen atoms in total. The van der Waals surface area contributed by atoms with Gasteiger partial charge in [-0.15, -0.1) is 0 Å². The first-order chi connectivity index (χ1) is 7.14. The molecule has 1 N–H and O–H groups in total. The van der Waals surface area contributed by atoms with Crippen LogP contribution in [0.4, 0.5) is 0 Å². The van der Waals surface area contributed by atoms with Crippen LogP contribution in [-0.4, -0.2) is 36.7 Å². The van der Waals surface area contributed by atoms with Gasteiger partial charge in [-0.25, -0.2) is 8.42 Å². The largest absolute Gasteiger partial charge is 0.310 e. The lowest BCUT2D eigenvalue weighted by molar-refractivity contribution is 0.591. The molecule has 0 amide bonds. The highest BCUT2D eigenvalue weighted by atomic mass is 32.2. The van der Waals surface area contributed by atoms with Crippen LogP contribution < -0.4 is 5.32 Å². The summed E-state index contributed by atoms with van der Waals surface area (Å²) in [6, 6.07) is 3.64. The van der Waals surface area contributed by atoms with Crippen molar-refractivity contribution in [1.29, 1.82) is 0 Å². The van der Waals surface area contributed by atoms with Crippen molar-refractivity contribution in [2.75, 3.05) is 18.1 Å². The Morgan fingerprint density at radius 3 is 2.87 bits per heavy atom. The predicted molar refractivity (Wildman–Crippen MR) is 58.1 cm³/mol. The summed E-state index contributed by atoms with van der Waals surface area (Å²) in [5.41, 5.74) is 0.811. The average Bonchev–Trinajstić information content (AvgIpc) is 2.26. The van der Waals surface area contributed by atoms with Crippen LogP contribution in [0.3, 0.4) is 0 Å². The van der Waals surface area contributed by atoms with Crippen LogP contribution in [0, 0.1) is 0 Å². The Kier molecular flexibility index (Phi) is 4.64. The zero-order valence-corrected chi connectivity index (χ0v) is 9.50. The highest BCUT2D eigenvalue weighted by Crippen LogP contribution is 1.91. The SMILES string of the molecule is CCS(=O)(=O)CCNCc1cccnn1. The van der Waals surface area contributed by atoms with Gasteiger partial charge in [0.2, 0.25) is 0 Å². The highest BCUT2D eigenvalue weighted by molar-refractivity contribution is 7.91. The van der Waals surface area contributed by atoms with Gasteiger partial charge in [-0.1, -0.05) is 6.92 Å². The van der Waals surface area contributed by atoms with E-state index in [4.69, 9.17) is 0 Å². The second kappa shape index (κ2) is 5.77. The molecular formula is C9H15N3O2S. The van der Waals surface area contributed by atoms with E-state index < -0.39 is 9.84 Å². The van der Waals surface area contributed by atoms with Crippen molar-refractivity contribution in [3.8, 4) is 0 Å². The molecule has 1 aromatic rings. The third-order valence-corrected chi connectivity index (χ3v) is 3.67. The predicted octanol–water partition coefficient (Wildman–Crippen LogP) is 0.000900. The fourth-order valence-corrected chi connectivity index (χ4v) is 1.76. The molecule has 0 saturated heterocycles. The van der Waals surface area contributed by atoms with E-state index in [9.17, 15) is 8.42 Å². The third kappa shape index (κ3) is 4.85. The van der Waals surface area contributed by atoms with Crippen molar-refractivity contribution in [3.05, 3.63) is 24.0 Å². The summed E-state index contributed by atoms with van der Waals surface area (Å²) in [6.07, 6.45) is 1.60. The van der Waals surface area contributed by atoms with E-state index in [1.165, 1.54) is 0 Å².